The van der Waals surface area contributed by atoms with Crippen LogP contribution < -0.4 is 4.90 Å². The average molecular weight is 257 g/mol. The van der Waals surface area contributed by atoms with Crippen LogP contribution in [0.4, 0.5) is 14.5 Å². The monoisotopic (exact) mass is 257 g/mol. The predicted octanol–water partition coefficient (Wildman–Crippen LogP) is 2.90. The maximum absolute atomic E-state index is 13.6. The van der Waals surface area contributed by atoms with E-state index in [4.69, 9.17) is 5.11 Å². The van der Waals surface area contributed by atoms with Crippen molar-refractivity contribution in [1.29, 1.82) is 0 Å². The average Bonchev–Trinajstić information content (AvgIpc) is 2.24. The van der Waals surface area contributed by atoms with Crippen molar-refractivity contribution < 1.29 is 18.7 Å². The largest absolute Gasteiger partial charge is 0.481 e. The number of rotatable bonds is 6. The number of carboxylic acid groups (broad SMARTS) is 1. The lowest BCUT2D eigenvalue weighted by Gasteiger charge is -2.26. The van der Waals surface area contributed by atoms with Gasteiger partial charge in [-0.05, 0) is 18.1 Å². The first kappa shape index (κ1) is 14.4. The Balaban J connectivity index is 2.89. The molecule has 0 spiro atoms. The van der Waals surface area contributed by atoms with Gasteiger partial charge < -0.3 is 10.0 Å². The molecule has 0 aliphatic rings. The lowest BCUT2D eigenvalue weighted by molar-refractivity contribution is -0.136. The Hall–Kier alpha value is -1.65. The van der Waals surface area contributed by atoms with Crippen LogP contribution in [0.2, 0.25) is 0 Å². The zero-order chi connectivity index (χ0) is 13.7. The van der Waals surface area contributed by atoms with Crippen LogP contribution in [0.5, 0.6) is 0 Å². The van der Waals surface area contributed by atoms with E-state index in [1.165, 1.54) is 12.1 Å². The predicted molar refractivity (Wildman–Crippen MR) is 65.7 cm³/mol. The minimum atomic E-state index is -0.939. The molecule has 0 amide bonds. The van der Waals surface area contributed by atoms with Crippen molar-refractivity contribution in [3.63, 3.8) is 0 Å². The minimum absolute atomic E-state index is 0.0798. The zero-order valence-corrected chi connectivity index (χ0v) is 10.5. The Kier molecular flexibility index (Phi) is 5.07. The molecule has 0 aliphatic carbocycles. The molecule has 1 rings (SSSR count). The van der Waals surface area contributed by atoms with Gasteiger partial charge in [0, 0.05) is 19.2 Å². The molecule has 0 aromatic heterocycles. The third-order valence-electron chi connectivity index (χ3n) is 2.43. The smallest absolute Gasteiger partial charge is 0.305 e. The summed E-state index contributed by atoms with van der Waals surface area (Å²) in [6, 6.07) is 3.32. The van der Waals surface area contributed by atoms with Crippen LogP contribution in [0.15, 0.2) is 18.2 Å². The molecule has 0 aliphatic heterocycles. The highest BCUT2D eigenvalue weighted by Gasteiger charge is 2.14. The summed E-state index contributed by atoms with van der Waals surface area (Å²) in [4.78, 5) is 12.2. The first-order valence-electron chi connectivity index (χ1n) is 5.82. The summed E-state index contributed by atoms with van der Waals surface area (Å²) in [5.74, 6) is -1.99. The van der Waals surface area contributed by atoms with Crippen molar-refractivity contribution in [1.82, 2.24) is 0 Å². The molecule has 0 heterocycles. The van der Waals surface area contributed by atoms with E-state index in [-0.39, 0.29) is 24.6 Å². The van der Waals surface area contributed by atoms with Crippen LogP contribution in [-0.2, 0) is 4.79 Å². The molecule has 3 nitrogen and oxygen atoms in total. The summed E-state index contributed by atoms with van der Waals surface area (Å²) in [6.45, 7) is 4.64. The summed E-state index contributed by atoms with van der Waals surface area (Å²) in [7, 11) is 0. The Morgan fingerprint density at radius 1 is 1.39 bits per heavy atom. The molecule has 1 aromatic rings. The number of carboxylic acids is 1. The van der Waals surface area contributed by atoms with Crippen LogP contribution in [0.1, 0.15) is 20.3 Å². The molecule has 0 fully saturated rings. The van der Waals surface area contributed by atoms with Crippen LogP contribution in [-0.4, -0.2) is 24.2 Å². The summed E-state index contributed by atoms with van der Waals surface area (Å²) < 4.78 is 26.5. The fourth-order valence-corrected chi connectivity index (χ4v) is 1.72. The summed E-state index contributed by atoms with van der Waals surface area (Å²) in [6.07, 6.45) is -0.0798. The van der Waals surface area contributed by atoms with Gasteiger partial charge in [-0.1, -0.05) is 13.8 Å². The van der Waals surface area contributed by atoms with E-state index in [2.05, 4.69) is 0 Å². The molecule has 0 unspecified atom stereocenters. The fourth-order valence-electron chi connectivity index (χ4n) is 1.72. The van der Waals surface area contributed by atoms with Gasteiger partial charge in [0.15, 0.2) is 0 Å². The second-order valence-corrected chi connectivity index (χ2v) is 4.58. The van der Waals surface area contributed by atoms with E-state index < -0.39 is 17.6 Å². The highest BCUT2D eigenvalue weighted by atomic mass is 19.1. The highest BCUT2D eigenvalue weighted by Crippen LogP contribution is 2.21. The van der Waals surface area contributed by atoms with Crippen molar-refractivity contribution in [3.8, 4) is 0 Å². The SMILES string of the molecule is CC(C)CN(CCC(=O)O)c1ccc(F)cc1F. The first-order chi connectivity index (χ1) is 8.40. The van der Waals surface area contributed by atoms with Crippen LogP contribution >= 0.6 is 0 Å². The fraction of sp³-hybridized carbons (Fsp3) is 0.462. The number of anilines is 1. The van der Waals surface area contributed by atoms with E-state index in [0.717, 1.165) is 6.07 Å². The number of halogens is 2. The zero-order valence-electron chi connectivity index (χ0n) is 10.5. The van der Waals surface area contributed by atoms with Gasteiger partial charge in [-0.3, -0.25) is 4.79 Å². The number of carbonyl (C=O) groups is 1. The van der Waals surface area contributed by atoms with Gasteiger partial charge in [-0.25, -0.2) is 8.78 Å². The second-order valence-electron chi connectivity index (χ2n) is 4.58. The van der Waals surface area contributed by atoms with Crippen molar-refractivity contribution >= 4 is 11.7 Å². The standard InChI is InChI=1S/C13H17F2NO2/c1-9(2)8-16(6-5-13(17)18)12-4-3-10(14)7-11(12)15/h3-4,7,9H,5-6,8H2,1-2H3,(H,17,18). The molecule has 1 aromatic carbocycles. The van der Waals surface area contributed by atoms with Crippen LogP contribution in [0.25, 0.3) is 0 Å². The summed E-state index contributed by atoms with van der Waals surface area (Å²) >= 11 is 0. The third kappa shape index (κ3) is 4.31. The van der Waals surface area contributed by atoms with Crippen LogP contribution in [0.3, 0.4) is 0 Å². The quantitative estimate of drug-likeness (QED) is 0.851. The number of nitrogens with zero attached hydrogens (tertiary/aromatic N) is 1. The Labute approximate surface area is 105 Å². The van der Waals surface area contributed by atoms with Crippen molar-refractivity contribution in [2.45, 2.75) is 20.3 Å². The molecule has 18 heavy (non-hydrogen) atoms. The molecule has 0 radical (unpaired) electrons. The van der Waals surface area contributed by atoms with Gasteiger partial charge in [-0.2, -0.15) is 0 Å². The summed E-state index contributed by atoms with van der Waals surface area (Å²) in [5.41, 5.74) is 0.242. The van der Waals surface area contributed by atoms with Gasteiger partial charge in [0.05, 0.1) is 12.1 Å². The number of aliphatic carboxylic acids is 1. The van der Waals surface area contributed by atoms with Gasteiger partial charge >= 0.3 is 5.97 Å². The van der Waals surface area contributed by atoms with E-state index in [9.17, 15) is 13.6 Å². The molecule has 0 bridgehead atoms. The normalized spacial score (nSPS) is 10.7. The molecular formula is C13H17F2NO2. The molecule has 0 saturated carbocycles. The Bertz CT molecular complexity index is 421. The molecule has 0 atom stereocenters. The maximum atomic E-state index is 13.6. The lowest BCUT2D eigenvalue weighted by Crippen LogP contribution is -2.30. The second kappa shape index (κ2) is 6.33. The van der Waals surface area contributed by atoms with Crippen molar-refractivity contribution in [2.75, 3.05) is 18.0 Å². The number of hydrogen-bond donors (Lipinski definition) is 1. The van der Waals surface area contributed by atoms with Crippen molar-refractivity contribution in [2.24, 2.45) is 5.92 Å². The van der Waals surface area contributed by atoms with Crippen LogP contribution in [0, 0.1) is 17.6 Å². The maximum Gasteiger partial charge on any atom is 0.305 e. The molecule has 0 saturated heterocycles. The van der Waals surface area contributed by atoms with E-state index in [0.29, 0.717) is 6.54 Å². The van der Waals surface area contributed by atoms with Crippen molar-refractivity contribution in [3.05, 3.63) is 29.8 Å². The summed E-state index contributed by atoms with van der Waals surface area (Å²) in [5, 5.41) is 8.68. The van der Waals surface area contributed by atoms with Gasteiger partial charge in [-0.15, -0.1) is 0 Å². The topological polar surface area (TPSA) is 40.5 Å². The van der Waals surface area contributed by atoms with Gasteiger partial charge in [0.1, 0.15) is 11.6 Å². The lowest BCUT2D eigenvalue weighted by atomic mass is 10.1. The first-order valence-corrected chi connectivity index (χ1v) is 5.82. The molecule has 1 N–H and O–H groups in total. The number of benzene rings is 1. The molecule has 100 valence electrons. The number of hydrogen-bond acceptors (Lipinski definition) is 2. The minimum Gasteiger partial charge on any atom is -0.481 e. The highest BCUT2D eigenvalue weighted by molar-refractivity contribution is 5.67. The van der Waals surface area contributed by atoms with Gasteiger partial charge in [0.25, 0.3) is 0 Å². The van der Waals surface area contributed by atoms with Gasteiger partial charge in [0.2, 0.25) is 0 Å². The van der Waals surface area contributed by atoms with E-state index in [1.807, 2.05) is 13.8 Å². The third-order valence-corrected chi connectivity index (χ3v) is 2.43. The molecule has 5 heteroatoms. The molecular weight excluding hydrogens is 240 g/mol. The Morgan fingerprint density at radius 3 is 2.56 bits per heavy atom. The Morgan fingerprint density at radius 2 is 2.06 bits per heavy atom. The van der Waals surface area contributed by atoms with E-state index in [1.54, 1.807) is 4.90 Å². The van der Waals surface area contributed by atoms with E-state index >= 15 is 0 Å².